The van der Waals surface area contributed by atoms with Gasteiger partial charge in [0.05, 0.1) is 0 Å². The number of hydrogen-bond donors (Lipinski definition) is 1. The van der Waals surface area contributed by atoms with Gasteiger partial charge in [0.1, 0.15) is 6.04 Å². The zero-order chi connectivity index (χ0) is 20.2. The van der Waals surface area contributed by atoms with Crippen LogP contribution in [-0.2, 0) is 20.7 Å². The van der Waals surface area contributed by atoms with Gasteiger partial charge >= 0.3 is 30.2 Å². The van der Waals surface area contributed by atoms with Gasteiger partial charge in [-0.05, 0) is 5.56 Å². The number of carbonyl (C=O) groups is 2. The van der Waals surface area contributed by atoms with Crippen LogP contribution in [0.15, 0.2) is 30.3 Å². The van der Waals surface area contributed by atoms with E-state index in [2.05, 4.69) is 4.74 Å². The van der Waals surface area contributed by atoms with Crippen molar-refractivity contribution in [3.63, 3.8) is 0 Å². The normalized spacial score (nSPS) is 13.8. The number of hydrogen-bond acceptors (Lipinski definition) is 3. The molecule has 1 N–H and O–H groups in total. The van der Waals surface area contributed by atoms with E-state index in [4.69, 9.17) is 0 Å². The molecular formula is C14H11F8NO3. The highest BCUT2D eigenvalue weighted by Crippen LogP contribution is 2.35. The molecule has 1 unspecified atom stereocenters. The molecule has 26 heavy (non-hydrogen) atoms. The Kier molecular flexibility index (Phi) is 6.55. The molecular weight excluding hydrogens is 382 g/mol. The molecule has 1 rings (SSSR count). The summed E-state index contributed by atoms with van der Waals surface area (Å²) in [5.74, 6) is -10.5. The number of ether oxygens (including phenoxy) is 1. The largest absolute Gasteiger partial charge is 0.463 e. The van der Waals surface area contributed by atoms with Crippen molar-refractivity contribution in [3.8, 4) is 0 Å². The van der Waals surface area contributed by atoms with E-state index in [-0.39, 0.29) is 5.56 Å². The minimum atomic E-state index is -6.25. The molecule has 0 saturated carbocycles. The molecule has 0 bridgehead atoms. The van der Waals surface area contributed by atoms with E-state index in [0.29, 0.717) is 0 Å². The highest BCUT2D eigenvalue weighted by Gasteiger charge is 2.63. The number of esters is 1. The van der Waals surface area contributed by atoms with E-state index in [1.165, 1.54) is 30.3 Å². The summed E-state index contributed by atoms with van der Waals surface area (Å²) in [7, 11) is 0. The van der Waals surface area contributed by atoms with E-state index in [0.717, 1.165) is 5.32 Å². The average molecular weight is 393 g/mol. The number of rotatable bonds is 6. The molecule has 4 nitrogen and oxygen atoms in total. The zero-order valence-electron chi connectivity index (χ0n) is 12.6. The molecule has 0 spiro atoms. The third kappa shape index (κ3) is 6.15. The van der Waals surface area contributed by atoms with Crippen LogP contribution in [0.1, 0.15) is 5.56 Å². The molecule has 0 radical (unpaired) electrons. The maximum Gasteiger partial charge on any atom is 0.463 e. The van der Waals surface area contributed by atoms with Gasteiger partial charge in [-0.3, -0.25) is 4.79 Å². The van der Waals surface area contributed by atoms with Crippen LogP contribution < -0.4 is 5.32 Å². The van der Waals surface area contributed by atoms with Gasteiger partial charge in [0, 0.05) is 6.42 Å². The summed E-state index contributed by atoms with van der Waals surface area (Å²) in [5, 5.41) is 1.10. The van der Waals surface area contributed by atoms with Crippen molar-refractivity contribution in [2.24, 2.45) is 0 Å². The fourth-order valence-electron chi connectivity index (χ4n) is 1.67. The SMILES string of the molecule is O=C(OCC(F)(F)F)C(Cc1ccccc1)NC(=O)C(F)(F)C(F)(F)F. The van der Waals surface area contributed by atoms with E-state index < -0.39 is 49.2 Å². The van der Waals surface area contributed by atoms with Crippen LogP contribution in [0.5, 0.6) is 0 Å². The molecule has 1 atom stereocenters. The van der Waals surface area contributed by atoms with Gasteiger partial charge in [-0.1, -0.05) is 30.3 Å². The van der Waals surface area contributed by atoms with Crippen LogP contribution in [0.2, 0.25) is 0 Å². The first-order chi connectivity index (χ1) is 11.7. The van der Waals surface area contributed by atoms with Crippen molar-refractivity contribution in [1.29, 1.82) is 0 Å². The Balaban J connectivity index is 2.97. The Bertz CT molecular complexity index is 627. The fourth-order valence-corrected chi connectivity index (χ4v) is 1.67. The minimum absolute atomic E-state index is 0.178. The maximum absolute atomic E-state index is 13.0. The molecule has 0 heterocycles. The Labute approximate surface area is 141 Å². The number of halogens is 8. The monoisotopic (exact) mass is 393 g/mol. The van der Waals surface area contributed by atoms with Gasteiger partial charge in [0.25, 0.3) is 0 Å². The van der Waals surface area contributed by atoms with E-state index in [1.807, 2.05) is 0 Å². The minimum Gasteiger partial charge on any atom is -0.454 e. The molecule has 0 aromatic heterocycles. The number of amides is 1. The molecule has 0 aliphatic rings. The van der Waals surface area contributed by atoms with Crippen molar-refractivity contribution in [2.75, 3.05) is 6.61 Å². The molecule has 0 saturated heterocycles. The summed E-state index contributed by atoms with van der Waals surface area (Å²) in [6.07, 6.45) is -11.9. The van der Waals surface area contributed by atoms with Crippen molar-refractivity contribution in [3.05, 3.63) is 35.9 Å². The van der Waals surface area contributed by atoms with E-state index >= 15 is 0 Å². The second kappa shape index (κ2) is 7.87. The summed E-state index contributed by atoms with van der Waals surface area (Å²) in [5.41, 5.74) is 0.178. The molecule has 0 fully saturated rings. The highest BCUT2D eigenvalue weighted by atomic mass is 19.4. The average Bonchev–Trinajstić information content (AvgIpc) is 2.51. The van der Waals surface area contributed by atoms with E-state index in [9.17, 15) is 44.7 Å². The number of carbonyl (C=O) groups excluding carboxylic acids is 2. The summed E-state index contributed by atoms with van der Waals surface area (Å²) in [4.78, 5) is 22.8. The van der Waals surface area contributed by atoms with Crippen LogP contribution in [-0.4, -0.2) is 42.8 Å². The lowest BCUT2D eigenvalue weighted by atomic mass is 10.1. The summed E-state index contributed by atoms with van der Waals surface area (Å²) >= 11 is 0. The van der Waals surface area contributed by atoms with Crippen molar-refractivity contribution < 1.29 is 49.4 Å². The summed E-state index contributed by atoms with van der Waals surface area (Å²) < 4.78 is 103. The van der Waals surface area contributed by atoms with Crippen molar-refractivity contribution in [2.45, 2.75) is 30.7 Å². The van der Waals surface area contributed by atoms with Gasteiger partial charge in [0.15, 0.2) is 6.61 Å². The molecule has 12 heteroatoms. The van der Waals surface area contributed by atoms with Crippen LogP contribution in [0.3, 0.4) is 0 Å². The lowest BCUT2D eigenvalue weighted by Crippen LogP contribution is -2.55. The van der Waals surface area contributed by atoms with Gasteiger partial charge in [0.2, 0.25) is 0 Å². The van der Waals surface area contributed by atoms with Gasteiger partial charge in [-0.15, -0.1) is 0 Å². The molecule has 0 aliphatic heterocycles. The summed E-state index contributed by atoms with van der Waals surface area (Å²) in [6.45, 7) is -2.09. The molecule has 146 valence electrons. The molecule has 0 aliphatic carbocycles. The standard InChI is InChI=1S/C14H11F8NO3/c15-12(16,17)7-26-10(24)9(6-8-4-2-1-3-5-8)23-11(25)13(18,19)14(20,21)22/h1-5,9H,6-7H2,(H,23,25). The van der Waals surface area contributed by atoms with Gasteiger partial charge in [-0.2, -0.15) is 35.1 Å². The number of alkyl halides is 8. The molecule has 1 aromatic rings. The molecule has 1 amide bonds. The van der Waals surface area contributed by atoms with E-state index in [1.54, 1.807) is 0 Å². The third-order valence-corrected chi connectivity index (χ3v) is 2.89. The van der Waals surface area contributed by atoms with Gasteiger partial charge in [-0.25, -0.2) is 4.79 Å². The van der Waals surface area contributed by atoms with Crippen LogP contribution in [0.25, 0.3) is 0 Å². The Morgan fingerprint density at radius 1 is 0.962 bits per heavy atom. The highest BCUT2D eigenvalue weighted by molar-refractivity contribution is 5.89. The Hall–Kier alpha value is -2.40. The second-order valence-electron chi connectivity index (χ2n) is 5.01. The van der Waals surface area contributed by atoms with Crippen LogP contribution in [0, 0.1) is 0 Å². The molecule has 1 aromatic carbocycles. The predicted molar refractivity (Wildman–Crippen MR) is 70.1 cm³/mol. The summed E-state index contributed by atoms with van der Waals surface area (Å²) in [6, 6.07) is 4.80. The lowest BCUT2D eigenvalue weighted by molar-refractivity contribution is -0.270. The first-order valence-corrected chi connectivity index (χ1v) is 6.77. The third-order valence-electron chi connectivity index (χ3n) is 2.89. The predicted octanol–water partition coefficient (Wildman–Crippen LogP) is 3.02. The Morgan fingerprint density at radius 2 is 1.50 bits per heavy atom. The first kappa shape index (κ1) is 21.6. The first-order valence-electron chi connectivity index (χ1n) is 6.77. The number of nitrogens with one attached hydrogen (secondary N) is 1. The Morgan fingerprint density at radius 3 is 1.96 bits per heavy atom. The van der Waals surface area contributed by atoms with Crippen molar-refractivity contribution >= 4 is 11.9 Å². The lowest BCUT2D eigenvalue weighted by Gasteiger charge is -2.23. The van der Waals surface area contributed by atoms with Crippen LogP contribution >= 0.6 is 0 Å². The topological polar surface area (TPSA) is 55.4 Å². The zero-order valence-corrected chi connectivity index (χ0v) is 12.6. The van der Waals surface area contributed by atoms with Crippen molar-refractivity contribution in [1.82, 2.24) is 5.32 Å². The quantitative estimate of drug-likeness (QED) is 0.597. The smallest absolute Gasteiger partial charge is 0.454 e. The van der Waals surface area contributed by atoms with Crippen LogP contribution in [0.4, 0.5) is 35.1 Å². The number of benzene rings is 1. The second-order valence-corrected chi connectivity index (χ2v) is 5.01. The fraction of sp³-hybridized carbons (Fsp3) is 0.429. The van der Waals surface area contributed by atoms with Gasteiger partial charge < -0.3 is 10.1 Å². The maximum atomic E-state index is 13.0.